The third-order valence-electron chi connectivity index (χ3n) is 1.65. The van der Waals surface area contributed by atoms with Gasteiger partial charge in [0.2, 0.25) is 0 Å². The second-order valence-electron chi connectivity index (χ2n) is 2.58. The van der Waals surface area contributed by atoms with Gasteiger partial charge in [-0.15, -0.1) is 0 Å². The quantitative estimate of drug-likeness (QED) is 0.471. The zero-order valence-corrected chi connectivity index (χ0v) is 7.91. The monoisotopic (exact) mass is 199 g/mol. The summed E-state index contributed by atoms with van der Waals surface area (Å²) in [6.07, 6.45) is 1.58. The molecule has 0 aromatic carbocycles. The fourth-order valence-corrected chi connectivity index (χ4v) is 1.78. The molecule has 1 N–H and O–H groups in total. The van der Waals surface area contributed by atoms with Gasteiger partial charge in [0.25, 0.3) is 0 Å². The topological polar surface area (TPSA) is 36.8 Å². The van der Waals surface area contributed by atoms with Gasteiger partial charge in [-0.2, -0.15) is 0 Å². The lowest BCUT2D eigenvalue weighted by Crippen LogP contribution is -2.29. The third kappa shape index (κ3) is 1.07. The van der Waals surface area contributed by atoms with Crippen molar-refractivity contribution in [2.45, 2.75) is 13.1 Å². The fraction of sp³-hybridized carbons (Fsp3) is 0.286. The predicted molar refractivity (Wildman–Crippen MR) is 54.0 cm³/mol. The summed E-state index contributed by atoms with van der Waals surface area (Å²) >= 11 is 10.9. The summed E-state index contributed by atoms with van der Waals surface area (Å²) in [5, 5.41) is 3.52. The van der Waals surface area contributed by atoms with Gasteiger partial charge in [0.1, 0.15) is 11.3 Å². The van der Waals surface area contributed by atoms with Gasteiger partial charge in [0.15, 0.2) is 5.84 Å². The molecule has 2 aliphatic rings. The van der Waals surface area contributed by atoms with Gasteiger partial charge in [0, 0.05) is 6.21 Å². The molecular weight excluding hydrogens is 194 g/mol. The summed E-state index contributed by atoms with van der Waals surface area (Å²) < 4.78 is 0. The number of halogens is 1. The molecular formula is C7H6ClN3S. The Balaban J connectivity index is 2.51. The molecule has 0 amide bonds. The van der Waals surface area contributed by atoms with Gasteiger partial charge in [-0.25, -0.2) is 9.98 Å². The zero-order valence-electron chi connectivity index (χ0n) is 6.34. The predicted octanol–water partition coefficient (Wildman–Crippen LogP) is 1.24. The van der Waals surface area contributed by atoms with Gasteiger partial charge in [-0.3, -0.25) is 0 Å². The van der Waals surface area contributed by atoms with E-state index in [0.717, 1.165) is 5.57 Å². The van der Waals surface area contributed by atoms with E-state index in [9.17, 15) is 0 Å². The van der Waals surface area contributed by atoms with Crippen molar-refractivity contribution in [2.75, 3.05) is 0 Å². The Kier molecular flexibility index (Phi) is 1.73. The lowest BCUT2D eigenvalue weighted by molar-refractivity contribution is 0.654. The maximum Gasteiger partial charge on any atom is 0.161 e. The fourth-order valence-electron chi connectivity index (χ4n) is 1.13. The first kappa shape index (κ1) is 7.89. The maximum atomic E-state index is 5.93. The number of nitrogens with one attached hydrogen (secondary N) is 1. The number of nitrogens with zero attached hydrogens (tertiary/aromatic N) is 2. The zero-order chi connectivity index (χ0) is 8.72. The van der Waals surface area contributed by atoms with Crippen LogP contribution in [0.5, 0.6) is 0 Å². The van der Waals surface area contributed by atoms with Crippen LogP contribution in [0, 0.1) is 0 Å². The van der Waals surface area contributed by atoms with Crippen molar-refractivity contribution in [3.05, 3.63) is 10.7 Å². The third-order valence-corrected chi connectivity index (χ3v) is 2.25. The van der Waals surface area contributed by atoms with E-state index in [0.29, 0.717) is 15.9 Å². The molecule has 12 heavy (non-hydrogen) atoms. The normalized spacial score (nSPS) is 27.0. The summed E-state index contributed by atoms with van der Waals surface area (Å²) in [7, 11) is 0. The minimum absolute atomic E-state index is 0.0192. The highest BCUT2D eigenvalue weighted by Gasteiger charge is 2.25. The average Bonchev–Trinajstić information content (AvgIpc) is 2.31. The van der Waals surface area contributed by atoms with Crippen LogP contribution in [-0.2, 0) is 0 Å². The van der Waals surface area contributed by atoms with Gasteiger partial charge in [-0.05, 0) is 6.92 Å². The molecule has 1 atom stereocenters. The van der Waals surface area contributed by atoms with Crippen LogP contribution in [-0.4, -0.2) is 23.1 Å². The highest BCUT2D eigenvalue weighted by Crippen LogP contribution is 2.20. The molecule has 0 spiro atoms. The highest BCUT2D eigenvalue weighted by molar-refractivity contribution is 7.82. The Morgan fingerprint density at radius 2 is 2.42 bits per heavy atom. The molecule has 0 fully saturated rings. The van der Waals surface area contributed by atoms with Crippen LogP contribution in [0.4, 0.5) is 0 Å². The molecule has 0 aromatic rings. The van der Waals surface area contributed by atoms with Gasteiger partial charge in [-0.1, -0.05) is 23.8 Å². The lowest BCUT2D eigenvalue weighted by atomic mass is 10.2. The van der Waals surface area contributed by atoms with Crippen molar-refractivity contribution in [1.82, 2.24) is 5.32 Å². The van der Waals surface area contributed by atoms with Crippen LogP contribution in [0.1, 0.15) is 6.92 Å². The summed E-state index contributed by atoms with van der Waals surface area (Å²) in [5.74, 6) is 0.649. The summed E-state index contributed by atoms with van der Waals surface area (Å²) in [6.45, 7) is 1.91. The Labute approximate surface area is 80.2 Å². The SMILES string of the molecule is CC1N=C2N=CC(=S)C2=C(Cl)N1. The summed E-state index contributed by atoms with van der Waals surface area (Å²) in [5.41, 5.74) is 0.754. The van der Waals surface area contributed by atoms with Crippen LogP contribution < -0.4 is 5.32 Å². The van der Waals surface area contributed by atoms with E-state index in [1.165, 1.54) is 0 Å². The first-order valence-corrected chi connectivity index (χ1v) is 4.30. The molecule has 2 rings (SSSR count). The number of thiocarbonyl (C=S) groups is 1. The van der Waals surface area contributed by atoms with E-state index in [1.54, 1.807) is 6.21 Å². The Morgan fingerprint density at radius 1 is 1.67 bits per heavy atom. The van der Waals surface area contributed by atoms with E-state index in [1.807, 2.05) is 6.92 Å². The highest BCUT2D eigenvalue weighted by atomic mass is 35.5. The first-order chi connectivity index (χ1) is 5.68. The van der Waals surface area contributed by atoms with Crippen molar-refractivity contribution in [3.8, 4) is 0 Å². The number of hydrogen-bond donors (Lipinski definition) is 1. The first-order valence-electron chi connectivity index (χ1n) is 3.51. The molecule has 0 radical (unpaired) electrons. The van der Waals surface area contributed by atoms with E-state index in [4.69, 9.17) is 23.8 Å². The molecule has 62 valence electrons. The molecule has 0 aromatic heterocycles. The maximum absolute atomic E-state index is 5.93. The van der Waals surface area contributed by atoms with E-state index in [-0.39, 0.29) is 6.17 Å². The molecule has 3 nitrogen and oxygen atoms in total. The van der Waals surface area contributed by atoms with Crippen molar-refractivity contribution >= 4 is 40.7 Å². The Morgan fingerprint density at radius 3 is 3.17 bits per heavy atom. The minimum atomic E-state index is -0.0192. The number of rotatable bonds is 0. The molecule has 1 unspecified atom stereocenters. The molecule has 2 aliphatic heterocycles. The minimum Gasteiger partial charge on any atom is -0.354 e. The second kappa shape index (κ2) is 2.64. The second-order valence-corrected chi connectivity index (χ2v) is 3.40. The Hall–Kier alpha value is -0.740. The van der Waals surface area contributed by atoms with E-state index in [2.05, 4.69) is 15.3 Å². The van der Waals surface area contributed by atoms with Gasteiger partial charge < -0.3 is 5.32 Å². The van der Waals surface area contributed by atoms with Gasteiger partial charge in [0.05, 0.1) is 10.4 Å². The molecule has 0 aliphatic carbocycles. The average molecular weight is 200 g/mol. The number of aliphatic imine (C=N–C) groups is 2. The van der Waals surface area contributed by atoms with E-state index < -0.39 is 0 Å². The van der Waals surface area contributed by atoms with Crippen molar-refractivity contribution in [1.29, 1.82) is 0 Å². The smallest absolute Gasteiger partial charge is 0.161 e. The van der Waals surface area contributed by atoms with E-state index >= 15 is 0 Å². The molecule has 0 saturated carbocycles. The standard InChI is InChI=1S/C7H6ClN3S/c1-3-10-6(8)5-4(12)2-9-7(5)11-3/h2-3,10H,1H3. The van der Waals surface area contributed by atoms with Crippen LogP contribution in [0.3, 0.4) is 0 Å². The van der Waals surface area contributed by atoms with Crippen LogP contribution in [0.2, 0.25) is 0 Å². The van der Waals surface area contributed by atoms with Crippen molar-refractivity contribution in [2.24, 2.45) is 9.98 Å². The molecule has 0 saturated heterocycles. The van der Waals surface area contributed by atoms with Crippen molar-refractivity contribution < 1.29 is 0 Å². The van der Waals surface area contributed by atoms with Crippen LogP contribution in [0.25, 0.3) is 0 Å². The molecule has 2 heterocycles. The molecule has 0 bridgehead atoms. The number of fused-ring (bicyclic) bond motifs is 1. The van der Waals surface area contributed by atoms with Crippen LogP contribution in [0.15, 0.2) is 20.7 Å². The summed E-state index contributed by atoms with van der Waals surface area (Å²) in [4.78, 5) is 8.91. The Bertz CT molecular complexity index is 343. The lowest BCUT2D eigenvalue weighted by Gasteiger charge is -2.17. The van der Waals surface area contributed by atoms with Crippen molar-refractivity contribution in [3.63, 3.8) is 0 Å². The van der Waals surface area contributed by atoms with Crippen LogP contribution >= 0.6 is 23.8 Å². The summed E-state index contributed by atoms with van der Waals surface area (Å²) in [6, 6.07) is 0. The number of hydrogen-bond acceptors (Lipinski definition) is 4. The molecule has 5 heteroatoms. The largest absolute Gasteiger partial charge is 0.354 e. The number of amidine groups is 1. The van der Waals surface area contributed by atoms with Gasteiger partial charge >= 0.3 is 0 Å².